The topological polar surface area (TPSA) is 49.8 Å². The minimum Gasteiger partial charge on any atom is -0.499 e. The quantitative estimate of drug-likeness (QED) is 0.872. The van der Waals surface area contributed by atoms with Gasteiger partial charge in [0.15, 0.2) is 0 Å². The highest BCUT2D eigenvalue weighted by Crippen LogP contribution is 2.53. The first-order valence-electron chi connectivity index (χ1n) is 8.91. The molecule has 1 amide bonds. The van der Waals surface area contributed by atoms with Crippen LogP contribution in [-0.4, -0.2) is 41.2 Å². The van der Waals surface area contributed by atoms with Crippen molar-refractivity contribution >= 4 is 16.7 Å². The average Bonchev–Trinajstić information content (AvgIpc) is 3.04. The van der Waals surface area contributed by atoms with E-state index >= 15 is 0 Å². The molecular formula is C21H21NO3. The van der Waals surface area contributed by atoms with Gasteiger partial charge in [-0.15, -0.1) is 0 Å². The standard InChI is InChI=1S/C21H21NO3/c1-25-17-12-21-8-6-18(23)22(21)9-7-15-10-13-4-2-3-5-14(13)11-16(15)19(21)20(17)24/h2-5,10-12,19-20,24H,6-9H2,1H3/t19-,20-,21-/m1/s1. The molecule has 0 saturated carbocycles. The Kier molecular flexibility index (Phi) is 3.04. The maximum Gasteiger partial charge on any atom is 0.223 e. The van der Waals surface area contributed by atoms with Crippen LogP contribution in [0.2, 0.25) is 0 Å². The van der Waals surface area contributed by atoms with Crippen LogP contribution < -0.4 is 0 Å². The Morgan fingerprint density at radius 2 is 1.96 bits per heavy atom. The maximum absolute atomic E-state index is 12.6. The summed E-state index contributed by atoms with van der Waals surface area (Å²) in [6.45, 7) is 0.695. The Morgan fingerprint density at radius 3 is 2.72 bits per heavy atom. The monoisotopic (exact) mass is 335 g/mol. The number of nitrogens with zero attached hydrogens (tertiary/aromatic N) is 1. The zero-order valence-electron chi connectivity index (χ0n) is 14.2. The molecule has 0 radical (unpaired) electrons. The van der Waals surface area contributed by atoms with Crippen LogP contribution in [-0.2, 0) is 16.0 Å². The highest BCUT2D eigenvalue weighted by Gasteiger charge is 2.58. The zero-order chi connectivity index (χ0) is 17.2. The molecule has 1 saturated heterocycles. The molecule has 128 valence electrons. The van der Waals surface area contributed by atoms with Crippen LogP contribution in [0.25, 0.3) is 10.8 Å². The van der Waals surface area contributed by atoms with Gasteiger partial charge in [0.05, 0.1) is 12.6 Å². The molecule has 25 heavy (non-hydrogen) atoms. The van der Waals surface area contributed by atoms with Crippen molar-refractivity contribution < 1.29 is 14.6 Å². The van der Waals surface area contributed by atoms with Crippen molar-refractivity contribution in [3.8, 4) is 0 Å². The van der Waals surface area contributed by atoms with E-state index in [1.54, 1.807) is 7.11 Å². The summed E-state index contributed by atoms with van der Waals surface area (Å²) in [5.74, 6) is 0.616. The summed E-state index contributed by atoms with van der Waals surface area (Å²) in [5.41, 5.74) is 1.94. The van der Waals surface area contributed by atoms with E-state index in [2.05, 4.69) is 24.3 Å². The number of hydrogen-bond donors (Lipinski definition) is 1. The highest BCUT2D eigenvalue weighted by molar-refractivity contribution is 5.86. The van der Waals surface area contributed by atoms with Gasteiger partial charge in [-0.2, -0.15) is 0 Å². The second kappa shape index (κ2) is 5.09. The van der Waals surface area contributed by atoms with Gasteiger partial charge in [0.25, 0.3) is 0 Å². The number of aliphatic hydroxyl groups excluding tert-OH is 1. The molecule has 0 bridgehead atoms. The Bertz CT molecular complexity index is 918. The van der Waals surface area contributed by atoms with Crippen LogP contribution in [0.1, 0.15) is 29.9 Å². The second-order valence-corrected chi connectivity index (χ2v) is 7.36. The van der Waals surface area contributed by atoms with Crippen molar-refractivity contribution in [3.63, 3.8) is 0 Å². The molecule has 1 fully saturated rings. The summed E-state index contributed by atoms with van der Waals surface area (Å²) in [4.78, 5) is 14.5. The van der Waals surface area contributed by atoms with Gasteiger partial charge in [0.2, 0.25) is 5.91 Å². The molecule has 1 spiro atoms. The summed E-state index contributed by atoms with van der Waals surface area (Å²) in [7, 11) is 1.60. The zero-order valence-corrected chi connectivity index (χ0v) is 14.2. The molecular weight excluding hydrogens is 314 g/mol. The first-order chi connectivity index (χ1) is 12.1. The summed E-state index contributed by atoms with van der Waals surface area (Å²) < 4.78 is 5.47. The van der Waals surface area contributed by atoms with Gasteiger partial charge in [-0.25, -0.2) is 0 Å². The Morgan fingerprint density at radius 1 is 1.20 bits per heavy atom. The largest absolute Gasteiger partial charge is 0.499 e. The fourth-order valence-electron chi connectivity index (χ4n) is 5.14. The molecule has 4 nitrogen and oxygen atoms in total. The molecule has 2 aliphatic heterocycles. The lowest BCUT2D eigenvalue weighted by Crippen LogP contribution is -2.48. The summed E-state index contributed by atoms with van der Waals surface area (Å²) in [6.07, 6.45) is 3.41. The summed E-state index contributed by atoms with van der Waals surface area (Å²) in [5, 5.41) is 13.4. The van der Waals surface area contributed by atoms with Crippen LogP contribution in [0.5, 0.6) is 0 Å². The van der Waals surface area contributed by atoms with Crippen LogP contribution in [0, 0.1) is 0 Å². The van der Waals surface area contributed by atoms with Gasteiger partial charge in [0.1, 0.15) is 11.9 Å². The van der Waals surface area contributed by atoms with Gasteiger partial charge < -0.3 is 14.7 Å². The molecule has 4 heteroatoms. The normalized spacial score (nSPS) is 30.6. The maximum atomic E-state index is 12.6. The van der Waals surface area contributed by atoms with E-state index in [4.69, 9.17) is 4.74 Å². The van der Waals surface area contributed by atoms with Crippen LogP contribution in [0.4, 0.5) is 0 Å². The molecule has 3 atom stereocenters. The fraction of sp³-hybridized carbons (Fsp3) is 0.381. The number of fused-ring (bicyclic) bond motifs is 3. The lowest BCUT2D eigenvalue weighted by atomic mass is 9.77. The summed E-state index contributed by atoms with van der Waals surface area (Å²) in [6, 6.07) is 12.7. The third-order valence-electron chi connectivity index (χ3n) is 6.26. The third-order valence-corrected chi connectivity index (χ3v) is 6.26. The summed E-state index contributed by atoms with van der Waals surface area (Å²) >= 11 is 0. The number of methoxy groups -OCH3 is 1. The molecule has 2 aromatic rings. The minimum absolute atomic E-state index is 0.156. The molecule has 1 N–H and O–H groups in total. The van der Waals surface area contributed by atoms with Gasteiger partial charge in [-0.3, -0.25) is 4.79 Å². The van der Waals surface area contributed by atoms with Crippen molar-refractivity contribution in [3.05, 3.63) is 59.4 Å². The van der Waals surface area contributed by atoms with Gasteiger partial charge in [0, 0.05) is 18.9 Å². The van der Waals surface area contributed by atoms with Crippen molar-refractivity contribution in [2.24, 2.45) is 0 Å². The number of amides is 1. The molecule has 1 aliphatic carbocycles. The second-order valence-electron chi connectivity index (χ2n) is 7.36. The van der Waals surface area contributed by atoms with Gasteiger partial charge >= 0.3 is 0 Å². The van der Waals surface area contributed by atoms with E-state index in [1.807, 2.05) is 23.1 Å². The molecule has 2 aromatic carbocycles. The third kappa shape index (κ3) is 1.89. The fourth-order valence-corrected chi connectivity index (χ4v) is 5.14. The first kappa shape index (κ1) is 15.0. The van der Waals surface area contributed by atoms with Crippen LogP contribution in [0.15, 0.2) is 48.2 Å². The smallest absolute Gasteiger partial charge is 0.223 e. The predicted molar refractivity (Wildman–Crippen MR) is 95.2 cm³/mol. The number of hydrogen-bond acceptors (Lipinski definition) is 3. The lowest BCUT2D eigenvalue weighted by molar-refractivity contribution is -0.130. The van der Waals surface area contributed by atoms with E-state index in [9.17, 15) is 9.90 Å². The number of ether oxygens (including phenoxy) is 1. The van der Waals surface area contributed by atoms with Crippen LogP contribution in [0.3, 0.4) is 0 Å². The highest BCUT2D eigenvalue weighted by atomic mass is 16.5. The first-order valence-corrected chi connectivity index (χ1v) is 8.91. The van der Waals surface area contributed by atoms with E-state index in [1.165, 1.54) is 16.3 Å². The Hall–Kier alpha value is -2.33. The molecule has 0 aromatic heterocycles. The van der Waals surface area contributed by atoms with Crippen molar-refractivity contribution in [1.82, 2.24) is 4.90 Å². The SMILES string of the molecule is COC1=C[C@@]23CCC(=O)N2CCc2cc4ccccc4cc2[C@@H]3[C@@H]1O. The number of aliphatic hydroxyl groups is 1. The molecule has 5 rings (SSSR count). The average molecular weight is 335 g/mol. The number of carbonyl (C=O) groups is 1. The van der Waals surface area contributed by atoms with E-state index < -0.39 is 11.6 Å². The Labute approximate surface area is 146 Å². The van der Waals surface area contributed by atoms with Crippen molar-refractivity contribution in [1.29, 1.82) is 0 Å². The van der Waals surface area contributed by atoms with Crippen LogP contribution >= 0.6 is 0 Å². The van der Waals surface area contributed by atoms with Gasteiger partial charge in [-0.1, -0.05) is 36.4 Å². The number of carbonyl (C=O) groups excluding carboxylic acids is 1. The van der Waals surface area contributed by atoms with Crippen molar-refractivity contribution in [2.45, 2.75) is 36.8 Å². The Balaban J connectivity index is 1.76. The molecule has 0 unspecified atom stereocenters. The number of benzene rings is 2. The predicted octanol–water partition coefficient (Wildman–Crippen LogP) is 2.75. The van der Waals surface area contributed by atoms with E-state index in [-0.39, 0.29) is 11.8 Å². The molecule has 2 heterocycles. The van der Waals surface area contributed by atoms with E-state index in [0.29, 0.717) is 18.7 Å². The van der Waals surface area contributed by atoms with Gasteiger partial charge in [-0.05, 0) is 40.8 Å². The van der Waals surface area contributed by atoms with E-state index in [0.717, 1.165) is 18.4 Å². The molecule has 3 aliphatic rings. The van der Waals surface area contributed by atoms with Crippen molar-refractivity contribution in [2.75, 3.05) is 13.7 Å². The minimum atomic E-state index is -0.712. The number of rotatable bonds is 1. The lowest BCUT2D eigenvalue weighted by Gasteiger charge is -2.38.